The number of non-ortho nitro benzene ring substituents is 1. The van der Waals surface area contributed by atoms with Gasteiger partial charge in [0.15, 0.2) is 0 Å². The fourth-order valence-electron chi connectivity index (χ4n) is 3.64. The zero-order chi connectivity index (χ0) is 22.1. The van der Waals surface area contributed by atoms with Gasteiger partial charge in [-0.05, 0) is 66.9 Å². The molecule has 0 saturated carbocycles. The van der Waals surface area contributed by atoms with Crippen molar-refractivity contribution in [2.75, 3.05) is 10.2 Å². The van der Waals surface area contributed by atoms with E-state index in [0.29, 0.717) is 16.9 Å². The van der Waals surface area contributed by atoms with Crippen LogP contribution in [0.3, 0.4) is 0 Å². The van der Waals surface area contributed by atoms with E-state index in [1.54, 1.807) is 24.3 Å². The fourth-order valence-corrected chi connectivity index (χ4v) is 3.64. The maximum Gasteiger partial charge on any atom is 0.282 e. The average molecular weight is 413 g/mol. The molecule has 0 unspecified atom stereocenters. The predicted molar refractivity (Wildman–Crippen MR) is 118 cm³/mol. The molecular weight excluding hydrogens is 394 g/mol. The average Bonchev–Trinajstić information content (AvgIpc) is 2.97. The Kier molecular flexibility index (Phi) is 5.09. The normalized spacial score (nSPS) is 13.7. The number of anilines is 2. The topological polar surface area (TPSA) is 92.6 Å². The van der Waals surface area contributed by atoms with Crippen LogP contribution in [0.25, 0.3) is 5.57 Å². The van der Waals surface area contributed by atoms with Gasteiger partial charge in [0.2, 0.25) is 0 Å². The number of hydrogen-bond donors (Lipinski definition) is 1. The molecule has 154 valence electrons. The van der Waals surface area contributed by atoms with Crippen molar-refractivity contribution in [2.24, 2.45) is 0 Å². The molecule has 7 heteroatoms. The lowest BCUT2D eigenvalue weighted by molar-refractivity contribution is -0.384. The molecular formula is C24H19N3O4. The van der Waals surface area contributed by atoms with Crippen molar-refractivity contribution < 1.29 is 14.5 Å². The second kappa shape index (κ2) is 7.87. The molecule has 1 N–H and O–H groups in total. The molecule has 0 aromatic heterocycles. The SMILES string of the molecule is Cc1cc(C)cc(N2C(=O)C(Nc3ccccc3)=C(c3ccc([N+](=O)[O-])cc3)C2=O)c1. The van der Waals surface area contributed by atoms with Crippen molar-refractivity contribution in [3.8, 4) is 0 Å². The van der Waals surface area contributed by atoms with Crippen molar-refractivity contribution in [1.82, 2.24) is 0 Å². The van der Waals surface area contributed by atoms with Gasteiger partial charge in [-0.2, -0.15) is 0 Å². The Morgan fingerprint density at radius 2 is 1.45 bits per heavy atom. The largest absolute Gasteiger partial charge is 0.350 e. The number of nitrogens with zero attached hydrogens (tertiary/aromatic N) is 2. The van der Waals surface area contributed by atoms with E-state index in [9.17, 15) is 19.7 Å². The van der Waals surface area contributed by atoms with E-state index < -0.39 is 16.7 Å². The minimum atomic E-state index is -0.509. The highest BCUT2D eigenvalue weighted by Gasteiger charge is 2.40. The minimum absolute atomic E-state index is 0.0927. The van der Waals surface area contributed by atoms with Crippen molar-refractivity contribution in [2.45, 2.75) is 13.8 Å². The first-order chi connectivity index (χ1) is 14.8. The number of carbonyl (C=O) groups excluding carboxylic acids is 2. The highest BCUT2D eigenvalue weighted by Crippen LogP contribution is 2.35. The Bertz CT molecular complexity index is 1210. The van der Waals surface area contributed by atoms with Crippen molar-refractivity contribution in [3.63, 3.8) is 0 Å². The van der Waals surface area contributed by atoms with E-state index in [-0.39, 0.29) is 17.0 Å². The summed E-state index contributed by atoms with van der Waals surface area (Å²) in [6, 6.07) is 20.2. The molecule has 0 aliphatic carbocycles. The Morgan fingerprint density at radius 3 is 2.03 bits per heavy atom. The van der Waals surface area contributed by atoms with Crippen LogP contribution in [0.2, 0.25) is 0 Å². The number of nitro benzene ring substituents is 1. The van der Waals surface area contributed by atoms with Gasteiger partial charge < -0.3 is 5.32 Å². The monoisotopic (exact) mass is 413 g/mol. The Morgan fingerprint density at radius 1 is 0.839 bits per heavy atom. The summed E-state index contributed by atoms with van der Waals surface area (Å²) < 4.78 is 0. The van der Waals surface area contributed by atoms with Crippen LogP contribution in [-0.2, 0) is 9.59 Å². The summed E-state index contributed by atoms with van der Waals surface area (Å²) in [5, 5.41) is 14.1. The van der Waals surface area contributed by atoms with Crippen LogP contribution in [-0.4, -0.2) is 16.7 Å². The number of nitro groups is 1. The van der Waals surface area contributed by atoms with Gasteiger partial charge in [-0.3, -0.25) is 19.7 Å². The van der Waals surface area contributed by atoms with Crippen LogP contribution in [0.15, 0.2) is 78.5 Å². The summed E-state index contributed by atoms with van der Waals surface area (Å²) in [6.45, 7) is 3.80. The third kappa shape index (κ3) is 3.81. The lowest BCUT2D eigenvalue weighted by Gasteiger charge is -2.17. The number of para-hydroxylation sites is 1. The van der Waals surface area contributed by atoms with E-state index in [1.165, 1.54) is 24.3 Å². The van der Waals surface area contributed by atoms with Gasteiger partial charge in [0.05, 0.1) is 16.2 Å². The molecule has 4 rings (SSSR count). The Balaban J connectivity index is 1.83. The first-order valence-corrected chi connectivity index (χ1v) is 9.63. The molecule has 0 saturated heterocycles. The standard InChI is InChI=1S/C24H19N3O4/c1-15-12-16(2)14-20(13-15)26-23(28)21(17-8-10-19(11-9-17)27(30)31)22(24(26)29)25-18-6-4-3-5-7-18/h3-14,25H,1-2H3. The molecule has 2 amide bonds. The van der Waals surface area contributed by atoms with E-state index in [1.807, 2.05) is 38.1 Å². The van der Waals surface area contributed by atoms with E-state index in [2.05, 4.69) is 5.32 Å². The lowest BCUT2D eigenvalue weighted by atomic mass is 10.0. The van der Waals surface area contributed by atoms with Gasteiger partial charge in [0, 0.05) is 17.8 Å². The first kappa shape index (κ1) is 20.0. The van der Waals surface area contributed by atoms with Gasteiger partial charge in [0.1, 0.15) is 5.70 Å². The van der Waals surface area contributed by atoms with Crippen LogP contribution in [0.4, 0.5) is 17.1 Å². The van der Waals surface area contributed by atoms with Crippen LogP contribution in [0, 0.1) is 24.0 Å². The second-order valence-electron chi connectivity index (χ2n) is 7.34. The predicted octanol–water partition coefficient (Wildman–Crippen LogP) is 4.61. The number of nitrogens with one attached hydrogen (secondary N) is 1. The third-order valence-corrected chi connectivity index (χ3v) is 4.96. The molecule has 0 atom stereocenters. The summed E-state index contributed by atoms with van der Waals surface area (Å²) in [4.78, 5) is 38.5. The lowest BCUT2D eigenvalue weighted by Crippen LogP contribution is -2.32. The number of amides is 2. The zero-order valence-corrected chi connectivity index (χ0v) is 17.0. The van der Waals surface area contributed by atoms with Crippen molar-refractivity contribution >= 4 is 34.4 Å². The van der Waals surface area contributed by atoms with Gasteiger partial charge in [-0.1, -0.05) is 24.3 Å². The van der Waals surface area contributed by atoms with E-state index in [4.69, 9.17) is 0 Å². The number of aryl methyl sites for hydroxylation is 2. The molecule has 0 bridgehead atoms. The highest BCUT2D eigenvalue weighted by atomic mass is 16.6. The van der Waals surface area contributed by atoms with E-state index in [0.717, 1.165) is 16.0 Å². The molecule has 31 heavy (non-hydrogen) atoms. The summed E-state index contributed by atoms with van der Waals surface area (Å²) in [7, 11) is 0. The minimum Gasteiger partial charge on any atom is -0.350 e. The number of benzene rings is 3. The number of rotatable bonds is 5. The zero-order valence-electron chi connectivity index (χ0n) is 17.0. The highest BCUT2D eigenvalue weighted by molar-refractivity contribution is 6.46. The smallest absolute Gasteiger partial charge is 0.282 e. The Hall–Kier alpha value is -4.26. The summed E-state index contributed by atoms with van der Waals surface area (Å²) in [6.07, 6.45) is 0. The maximum atomic E-state index is 13.4. The molecule has 1 aliphatic heterocycles. The van der Waals surface area contributed by atoms with Gasteiger partial charge in [0.25, 0.3) is 17.5 Å². The van der Waals surface area contributed by atoms with E-state index >= 15 is 0 Å². The number of carbonyl (C=O) groups is 2. The molecule has 0 spiro atoms. The van der Waals surface area contributed by atoms with Crippen LogP contribution in [0.1, 0.15) is 16.7 Å². The van der Waals surface area contributed by atoms with Crippen molar-refractivity contribution in [1.29, 1.82) is 0 Å². The molecule has 3 aromatic rings. The molecule has 0 radical (unpaired) electrons. The number of hydrogen-bond acceptors (Lipinski definition) is 5. The molecule has 3 aromatic carbocycles. The third-order valence-electron chi connectivity index (χ3n) is 4.96. The van der Waals surface area contributed by atoms with Crippen LogP contribution in [0.5, 0.6) is 0 Å². The first-order valence-electron chi connectivity index (χ1n) is 9.63. The van der Waals surface area contributed by atoms with Crippen LogP contribution >= 0.6 is 0 Å². The van der Waals surface area contributed by atoms with Gasteiger partial charge in [-0.25, -0.2) is 4.90 Å². The molecule has 0 fully saturated rings. The molecule has 7 nitrogen and oxygen atoms in total. The molecule has 1 aliphatic rings. The summed E-state index contributed by atoms with van der Waals surface area (Å²) in [5.41, 5.74) is 3.62. The fraction of sp³-hybridized carbons (Fsp3) is 0.0833. The summed E-state index contributed by atoms with van der Waals surface area (Å²) >= 11 is 0. The van der Waals surface area contributed by atoms with Crippen LogP contribution < -0.4 is 10.2 Å². The quantitative estimate of drug-likeness (QED) is 0.375. The maximum absolute atomic E-state index is 13.4. The summed E-state index contributed by atoms with van der Waals surface area (Å²) in [5.74, 6) is -0.963. The number of imide groups is 1. The second-order valence-corrected chi connectivity index (χ2v) is 7.34. The van der Waals surface area contributed by atoms with Gasteiger partial charge in [-0.15, -0.1) is 0 Å². The Labute approximate surface area is 178 Å². The van der Waals surface area contributed by atoms with Crippen molar-refractivity contribution in [3.05, 3.63) is 105 Å². The molecule has 1 heterocycles. The van der Waals surface area contributed by atoms with Gasteiger partial charge >= 0.3 is 0 Å².